The van der Waals surface area contributed by atoms with Crippen LogP contribution in [0.1, 0.15) is 22.1 Å². The summed E-state index contributed by atoms with van der Waals surface area (Å²) in [4.78, 5) is 23.9. The highest BCUT2D eigenvalue weighted by Gasteiger charge is 2.21. The van der Waals surface area contributed by atoms with Crippen LogP contribution in [0.3, 0.4) is 0 Å². The van der Waals surface area contributed by atoms with Gasteiger partial charge in [-0.15, -0.1) is 0 Å². The Bertz CT molecular complexity index is 933. The molecule has 0 aliphatic heterocycles. The van der Waals surface area contributed by atoms with E-state index < -0.39 is 6.10 Å². The minimum atomic E-state index is -0.793. The Kier molecular flexibility index (Phi) is 4.60. The highest BCUT2D eigenvalue weighted by Crippen LogP contribution is 2.29. The van der Waals surface area contributed by atoms with Crippen LogP contribution in [0.25, 0.3) is 10.9 Å². The number of para-hydroxylation sites is 1. The largest absolute Gasteiger partial charge is 0.479 e. The topological polar surface area (TPSA) is 48.3 Å². The molecule has 4 nitrogen and oxygen atoms in total. The van der Waals surface area contributed by atoms with E-state index in [0.29, 0.717) is 26.9 Å². The number of carbonyl (C=O) groups is 2. The van der Waals surface area contributed by atoms with Crippen molar-refractivity contribution in [1.29, 1.82) is 0 Å². The van der Waals surface area contributed by atoms with Crippen molar-refractivity contribution < 1.29 is 14.3 Å². The molecule has 6 heteroatoms. The third-order valence-corrected chi connectivity index (χ3v) is 4.18. The Morgan fingerprint density at radius 3 is 2.67 bits per heavy atom. The Hall–Kier alpha value is -2.30. The van der Waals surface area contributed by atoms with Gasteiger partial charge in [-0.25, -0.2) is 0 Å². The van der Waals surface area contributed by atoms with E-state index >= 15 is 0 Å². The fourth-order valence-corrected chi connectivity index (χ4v) is 2.94. The Labute approximate surface area is 148 Å². The van der Waals surface area contributed by atoms with Crippen LogP contribution in [-0.4, -0.2) is 22.9 Å². The van der Waals surface area contributed by atoms with Crippen LogP contribution in [0.5, 0.6) is 5.75 Å². The minimum absolute atomic E-state index is 0.301. The van der Waals surface area contributed by atoms with Gasteiger partial charge in [0.1, 0.15) is 5.75 Å². The van der Waals surface area contributed by atoms with Gasteiger partial charge in [0.2, 0.25) is 0 Å². The normalized spacial score (nSPS) is 12.1. The van der Waals surface area contributed by atoms with Crippen molar-refractivity contribution in [2.45, 2.75) is 13.0 Å². The van der Waals surface area contributed by atoms with Crippen molar-refractivity contribution in [2.75, 3.05) is 0 Å². The van der Waals surface area contributed by atoms with E-state index in [1.165, 1.54) is 10.8 Å². The molecule has 0 amide bonds. The molecule has 1 heterocycles. The predicted molar refractivity (Wildman–Crippen MR) is 94.5 cm³/mol. The van der Waals surface area contributed by atoms with E-state index in [1.807, 2.05) is 12.1 Å². The van der Waals surface area contributed by atoms with Crippen LogP contribution in [0.15, 0.2) is 48.7 Å². The summed E-state index contributed by atoms with van der Waals surface area (Å²) >= 11 is 11.9. The zero-order valence-corrected chi connectivity index (χ0v) is 14.2. The van der Waals surface area contributed by atoms with Gasteiger partial charge in [0.25, 0.3) is 5.91 Å². The number of fused-ring (bicyclic) bond motifs is 1. The van der Waals surface area contributed by atoms with Crippen molar-refractivity contribution in [1.82, 2.24) is 4.57 Å². The summed E-state index contributed by atoms with van der Waals surface area (Å²) < 4.78 is 7.08. The van der Waals surface area contributed by atoms with E-state index in [4.69, 9.17) is 27.9 Å². The van der Waals surface area contributed by atoms with Crippen LogP contribution in [0, 0.1) is 0 Å². The average molecular weight is 362 g/mol. The molecule has 0 spiro atoms. The van der Waals surface area contributed by atoms with Gasteiger partial charge in [0.15, 0.2) is 12.4 Å². The number of hydrogen-bond acceptors (Lipinski definition) is 3. The van der Waals surface area contributed by atoms with E-state index in [2.05, 4.69) is 0 Å². The van der Waals surface area contributed by atoms with Crippen LogP contribution in [0.2, 0.25) is 10.0 Å². The molecule has 0 saturated heterocycles. The molecule has 1 atom stereocenters. The average Bonchev–Trinajstić information content (AvgIpc) is 2.95. The minimum Gasteiger partial charge on any atom is -0.479 e. The third kappa shape index (κ3) is 3.03. The second kappa shape index (κ2) is 6.67. The van der Waals surface area contributed by atoms with Crippen molar-refractivity contribution in [3.63, 3.8) is 0 Å². The molecular formula is C18H13Cl2NO3. The molecule has 24 heavy (non-hydrogen) atoms. The lowest BCUT2D eigenvalue weighted by Crippen LogP contribution is -2.28. The number of rotatable bonds is 4. The lowest BCUT2D eigenvalue weighted by Gasteiger charge is -2.15. The SMILES string of the molecule is CC(Oc1ccc(Cl)cc1Cl)C(=O)n1cc(C=O)c2ccccc21. The molecule has 0 saturated carbocycles. The highest BCUT2D eigenvalue weighted by atomic mass is 35.5. The maximum absolute atomic E-state index is 12.7. The number of aromatic nitrogens is 1. The van der Waals surface area contributed by atoms with Crippen LogP contribution in [-0.2, 0) is 0 Å². The maximum Gasteiger partial charge on any atom is 0.271 e. The number of ether oxygens (including phenoxy) is 1. The molecule has 0 radical (unpaired) electrons. The first kappa shape index (κ1) is 16.6. The molecule has 0 N–H and O–H groups in total. The maximum atomic E-state index is 12.7. The van der Waals surface area contributed by atoms with E-state index in [0.717, 1.165) is 11.7 Å². The van der Waals surface area contributed by atoms with Crippen molar-refractivity contribution >= 4 is 46.3 Å². The molecule has 0 aliphatic rings. The summed E-state index contributed by atoms with van der Waals surface area (Å²) in [5.41, 5.74) is 1.11. The lowest BCUT2D eigenvalue weighted by molar-refractivity contribution is 0.0734. The van der Waals surface area contributed by atoms with Gasteiger partial charge in [0, 0.05) is 22.2 Å². The van der Waals surface area contributed by atoms with Gasteiger partial charge in [-0.3, -0.25) is 14.2 Å². The predicted octanol–water partition coefficient (Wildman–Crippen LogP) is 4.87. The summed E-state index contributed by atoms with van der Waals surface area (Å²) in [6, 6.07) is 12.0. The Morgan fingerprint density at radius 2 is 1.96 bits per heavy atom. The number of carbonyl (C=O) groups excluding carboxylic acids is 2. The summed E-state index contributed by atoms with van der Waals surface area (Å²) in [6.07, 6.45) is 1.45. The summed E-state index contributed by atoms with van der Waals surface area (Å²) in [5, 5.41) is 1.53. The molecule has 0 fully saturated rings. The summed E-state index contributed by atoms with van der Waals surface area (Å²) in [5.74, 6) is 0.0688. The van der Waals surface area contributed by atoms with Crippen molar-refractivity contribution in [3.05, 3.63) is 64.3 Å². The number of halogens is 2. The quantitative estimate of drug-likeness (QED) is 0.623. The Balaban J connectivity index is 1.92. The lowest BCUT2D eigenvalue weighted by atomic mass is 10.2. The fourth-order valence-electron chi connectivity index (χ4n) is 2.49. The first-order chi connectivity index (χ1) is 11.5. The summed E-state index contributed by atoms with van der Waals surface area (Å²) in [6.45, 7) is 1.63. The molecule has 3 rings (SSSR count). The third-order valence-electron chi connectivity index (χ3n) is 3.65. The van der Waals surface area contributed by atoms with E-state index in [1.54, 1.807) is 37.3 Å². The standard InChI is InChI=1S/C18H13Cl2NO3/c1-11(24-17-7-6-13(19)8-15(17)20)18(23)21-9-12(10-22)14-4-2-3-5-16(14)21/h2-11H,1H3. The second-order valence-corrected chi connectivity index (χ2v) is 6.11. The molecule has 3 aromatic rings. The van der Waals surface area contributed by atoms with Gasteiger partial charge < -0.3 is 4.74 Å². The first-order valence-corrected chi connectivity index (χ1v) is 7.98. The molecule has 2 aromatic carbocycles. The first-order valence-electron chi connectivity index (χ1n) is 7.22. The smallest absolute Gasteiger partial charge is 0.271 e. The van der Waals surface area contributed by atoms with E-state index in [-0.39, 0.29) is 5.91 Å². The van der Waals surface area contributed by atoms with Gasteiger partial charge in [-0.05, 0) is 31.2 Å². The monoisotopic (exact) mass is 361 g/mol. The molecule has 1 aromatic heterocycles. The van der Waals surface area contributed by atoms with Crippen molar-refractivity contribution in [3.8, 4) is 5.75 Å². The van der Waals surface area contributed by atoms with E-state index in [9.17, 15) is 9.59 Å². The number of nitrogens with zero attached hydrogens (tertiary/aromatic N) is 1. The second-order valence-electron chi connectivity index (χ2n) is 5.26. The van der Waals surface area contributed by atoms with Crippen molar-refractivity contribution in [2.24, 2.45) is 0 Å². The van der Waals surface area contributed by atoms with Crippen LogP contribution in [0.4, 0.5) is 0 Å². The molecular weight excluding hydrogens is 349 g/mol. The Morgan fingerprint density at radius 1 is 1.21 bits per heavy atom. The van der Waals surface area contributed by atoms with Gasteiger partial charge in [-0.1, -0.05) is 41.4 Å². The highest BCUT2D eigenvalue weighted by molar-refractivity contribution is 6.35. The van der Waals surface area contributed by atoms with Gasteiger partial charge >= 0.3 is 0 Å². The number of benzene rings is 2. The molecule has 0 bridgehead atoms. The zero-order chi connectivity index (χ0) is 17.3. The molecule has 0 aliphatic carbocycles. The number of aldehydes is 1. The number of hydrogen-bond donors (Lipinski definition) is 0. The molecule has 1 unspecified atom stereocenters. The van der Waals surface area contributed by atoms with Gasteiger partial charge in [0.05, 0.1) is 10.5 Å². The van der Waals surface area contributed by atoms with Crippen LogP contribution < -0.4 is 4.74 Å². The van der Waals surface area contributed by atoms with Gasteiger partial charge in [-0.2, -0.15) is 0 Å². The fraction of sp³-hybridized carbons (Fsp3) is 0.111. The van der Waals surface area contributed by atoms with Crippen LogP contribution >= 0.6 is 23.2 Å². The molecule has 122 valence electrons. The summed E-state index contributed by atoms with van der Waals surface area (Å²) in [7, 11) is 0. The zero-order valence-electron chi connectivity index (χ0n) is 12.7.